The monoisotopic (exact) mass is 663 g/mol. The summed E-state index contributed by atoms with van der Waals surface area (Å²) in [6, 6.07) is 22.1. The average molecular weight is 664 g/mol. The quantitative estimate of drug-likeness (QED) is 0.162. The molecule has 240 valence electrons. The first kappa shape index (κ1) is 32.9. The van der Waals surface area contributed by atoms with Crippen LogP contribution in [0.15, 0.2) is 96.2 Å². The van der Waals surface area contributed by atoms with E-state index in [0.29, 0.717) is 16.9 Å². The summed E-state index contributed by atoms with van der Waals surface area (Å²) in [6.45, 7) is 5.08. The molecule has 0 bridgehead atoms. The van der Waals surface area contributed by atoms with Crippen LogP contribution in [0, 0.1) is 0 Å². The molecule has 46 heavy (non-hydrogen) atoms. The smallest absolute Gasteiger partial charge is 0.408 e. The van der Waals surface area contributed by atoms with Gasteiger partial charge in [0.05, 0.1) is 0 Å². The van der Waals surface area contributed by atoms with Gasteiger partial charge in [0.25, 0.3) is 5.91 Å². The van der Waals surface area contributed by atoms with Crippen LogP contribution in [0.1, 0.15) is 49.6 Å². The number of nitrogens with one attached hydrogen (secondary N) is 2. The fourth-order valence-corrected chi connectivity index (χ4v) is 6.83. The molecule has 0 aromatic heterocycles. The van der Waals surface area contributed by atoms with Crippen molar-refractivity contribution in [1.82, 2.24) is 15.5 Å². The number of carbonyl (C=O) groups is 4. The van der Waals surface area contributed by atoms with E-state index in [4.69, 9.17) is 21.1 Å². The number of hydrogen-bond acceptors (Lipinski definition) is 8. The molecule has 0 spiro atoms. The van der Waals surface area contributed by atoms with Crippen LogP contribution in [0.5, 0.6) is 5.75 Å². The Morgan fingerprint density at radius 2 is 1.54 bits per heavy atom. The predicted octanol–water partition coefficient (Wildman–Crippen LogP) is 5.18. The molecule has 3 aromatic rings. The molecular weight excluding hydrogens is 630 g/mol. The number of phenols is 1. The highest BCUT2D eigenvalue weighted by molar-refractivity contribution is 8.00. The van der Waals surface area contributed by atoms with Gasteiger partial charge in [-0.05, 0) is 55.2 Å². The zero-order valence-corrected chi connectivity index (χ0v) is 27.0. The van der Waals surface area contributed by atoms with E-state index in [1.807, 2.05) is 60.7 Å². The standard InChI is InChI=1S/C34H34ClN3O7S/c1-34(2,3)45-33(43)37-25(20-14-16-24(39)17-15-20)29(40)36-26-30(41)38-27(23(18-35)19-46-31(26)38)32(42)44-28(21-10-6-4-7-11-21)22-12-8-5-9-13-22/h4-17,25-26,28,31,39H,18-19H2,1-3H3,(H,36,40)(H,37,43)/t25?,26-,31-/m1/s1. The van der Waals surface area contributed by atoms with Crippen LogP contribution in [0.4, 0.5) is 4.79 Å². The van der Waals surface area contributed by atoms with Gasteiger partial charge in [0, 0.05) is 11.6 Å². The number of fused-ring (bicyclic) bond motifs is 1. The summed E-state index contributed by atoms with van der Waals surface area (Å²) in [6.07, 6.45) is -1.57. The first-order valence-electron chi connectivity index (χ1n) is 14.6. The number of hydrogen-bond donors (Lipinski definition) is 3. The third-order valence-electron chi connectivity index (χ3n) is 7.28. The second-order valence-electron chi connectivity index (χ2n) is 11.8. The summed E-state index contributed by atoms with van der Waals surface area (Å²) in [7, 11) is 0. The molecule has 1 saturated heterocycles. The average Bonchev–Trinajstić information content (AvgIpc) is 3.04. The topological polar surface area (TPSA) is 134 Å². The highest BCUT2D eigenvalue weighted by atomic mass is 35.5. The number of halogens is 1. The molecule has 0 saturated carbocycles. The van der Waals surface area contributed by atoms with Crippen LogP contribution >= 0.6 is 23.4 Å². The summed E-state index contributed by atoms with van der Waals surface area (Å²) < 4.78 is 11.4. The maximum atomic E-state index is 13.8. The number of ether oxygens (including phenoxy) is 2. The number of carbonyl (C=O) groups excluding carboxylic acids is 4. The number of alkyl halides is 1. The van der Waals surface area contributed by atoms with Crippen molar-refractivity contribution >= 4 is 47.2 Å². The van der Waals surface area contributed by atoms with Crippen LogP contribution in [0.2, 0.25) is 0 Å². The van der Waals surface area contributed by atoms with E-state index in [9.17, 15) is 24.3 Å². The summed E-state index contributed by atoms with van der Waals surface area (Å²) >= 11 is 7.61. The fraction of sp³-hybridized carbons (Fsp3) is 0.294. The molecule has 3 N–H and O–H groups in total. The number of benzene rings is 3. The second kappa shape index (κ2) is 13.9. The second-order valence-corrected chi connectivity index (χ2v) is 13.1. The molecule has 1 fully saturated rings. The molecule has 10 nitrogen and oxygen atoms in total. The number of esters is 1. The van der Waals surface area contributed by atoms with Gasteiger partial charge in [-0.15, -0.1) is 23.4 Å². The van der Waals surface area contributed by atoms with E-state index in [1.54, 1.807) is 20.8 Å². The Morgan fingerprint density at radius 1 is 0.957 bits per heavy atom. The Kier molecular flexibility index (Phi) is 9.93. The van der Waals surface area contributed by atoms with Gasteiger partial charge in [0.1, 0.15) is 34.5 Å². The van der Waals surface area contributed by atoms with Crippen LogP contribution < -0.4 is 10.6 Å². The minimum atomic E-state index is -1.23. The van der Waals surface area contributed by atoms with Gasteiger partial charge < -0.3 is 25.2 Å². The SMILES string of the molecule is CC(C)(C)OC(=O)NC(C(=O)N[C@@H]1C(=O)N2C(C(=O)OC(c3ccccc3)c3ccccc3)=C(CCl)CS[C@H]12)c1ccc(O)cc1. The molecule has 1 unspecified atom stereocenters. The molecular formula is C34H34ClN3O7S. The van der Waals surface area contributed by atoms with Crippen molar-refractivity contribution in [2.24, 2.45) is 0 Å². The lowest BCUT2D eigenvalue weighted by molar-refractivity contribution is -0.154. The van der Waals surface area contributed by atoms with E-state index < -0.39 is 53.0 Å². The molecule has 2 aliphatic heterocycles. The van der Waals surface area contributed by atoms with E-state index in [-0.39, 0.29) is 17.3 Å². The van der Waals surface area contributed by atoms with E-state index in [0.717, 1.165) is 11.1 Å². The minimum absolute atomic E-state index is 0.00896. The zero-order chi connectivity index (χ0) is 33.0. The van der Waals surface area contributed by atoms with Crippen molar-refractivity contribution in [3.05, 3.63) is 113 Å². The maximum Gasteiger partial charge on any atom is 0.408 e. The van der Waals surface area contributed by atoms with Gasteiger partial charge in [-0.2, -0.15) is 0 Å². The highest BCUT2D eigenvalue weighted by Gasteiger charge is 2.55. The third-order valence-corrected chi connectivity index (χ3v) is 8.94. The Labute approximate surface area is 276 Å². The van der Waals surface area contributed by atoms with Crippen LogP contribution in [0.3, 0.4) is 0 Å². The molecule has 2 aliphatic rings. The van der Waals surface area contributed by atoms with Crippen molar-refractivity contribution in [3.8, 4) is 5.75 Å². The van der Waals surface area contributed by atoms with Crippen molar-refractivity contribution in [1.29, 1.82) is 0 Å². The number of thioether (sulfide) groups is 1. The van der Waals surface area contributed by atoms with Crippen LogP contribution in [-0.2, 0) is 23.9 Å². The molecule has 12 heteroatoms. The number of nitrogens with zero attached hydrogens (tertiary/aromatic N) is 1. The number of amides is 3. The van der Waals surface area contributed by atoms with E-state index in [2.05, 4.69) is 10.6 Å². The number of phenolic OH excluding ortho intramolecular Hbond substituents is 1. The largest absolute Gasteiger partial charge is 0.508 e. The lowest BCUT2D eigenvalue weighted by Crippen LogP contribution is -2.71. The first-order valence-corrected chi connectivity index (χ1v) is 16.2. The molecule has 3 amide bonds. The first-order chi connectivity index (χ1) is 22.0. The summed E-state index contributed by atoms with van der Waals surface area (Å²) in [5, 5.41) is 14.4. The van der Waals surface area contributed by atoms with Crippen molar-refractivity contribution in [2.75, 3.05) is 11.6 Å². The van der Waals surface area contributed by atoms with Crippen molar-refractivity contribution in [3.63, 3.8) is 0 Å². The lowest BCUT2D eigenvalue weighted by Gasteiger charge is -2.50. The highest BCUT2D eigenvalue weighted by Crippen LogP contribution is 2.42. The summed E-state index contributed by atoms with van der Waals surface area (Å²) in [4.78, 5) is 55.0. The third kappa shape index (κ3) is 7.32. The number of aromatic hydroxyl groups is 1. The number of rotatable bonds is 9. The fourth-order valence-electron chi connectivity index (χ4n) is 5.15. The maximum absolute atomic E-state index is 13.8. The summed E-state index contributed by atoms with van der Waals surface area (Å²) in [5.74, 6) is -1.56. The predicted molar refractivity (Wildman–Crippen MR) is 174 cm³/mol. The normalized spacial score (nSPS) is 18.3. The van der Waals surface area contributed by atoms with Gasteiger partial charge in [0.2, 0.25) is 5.91 Å². The van der Waals surface area contributed by atoms with Crippen molar-refractivity contribution in [2.45, 2.75) is 49.9 Å². The van der Waals surface area contributed by atoms with E-state index in [1.165, 1.54) is 40.9 Å². The number of alkyl carbamates (subject to hydrolysis) is 1. The lowest BCUT2D eigenvalue weighted by atomic mass is 10.00. The van der Waals surface area contributed by atoms with E-state index >= 15 is 0 Å². The van der Waals surface area contributed by atoms with Gasteiger partial charge in [-0.25, -0.2) is 9.59 Å². The Bertz CT molecular complexity index is 1590. The molecule has 3 aromatic carbocycles. The van der Waals surface area contributed by atoms with Crippen LogP contribution in [0.25, 0.3) is 0 Å². The molecule has 0 aliphatic carbocycles. The number of β-lactam (4-membered cyclic amide) rings is 1. The Balaban J connectivity index is 1.36. The van der Waals surface area contributed by atoms with Gasteiger partial charge in [-0.3, -0.25) is 14.5 Å². The van der Waals surface area contributed by atoms with Crippen molar-refractivity contribution < 1.29 is 33.8 Å². The Morgan fingerprint density at radius 3 is 2.09 bits per heavy atom. The van der Waals surface area contributed by atoms with Gasteiger partial charge in [-0.1, -0.05) is 72.8 Å². The zero-order valence-electron chi connectivity index (χ0n) is 25.4. The molecule has 2 heterocycles. The van der Waals surface area contributed by atoms with Crippen LogP contribution in [-0.4, -0.2) is 62.5 Å². The molecule has 5 rings (SSSR count). The minimum Gasteiger partial charge on any atom is -0.508 e. The summed E-state index contributed by atoms with van der Waals surface area (Å²) in [5.41, 5.74) is 1.67. The molecule has 3 atom stereocenters. The molecule has 0 radical (unpaired) electrons. The Hall–Kier alpha value is -4.48. The van der Waals surface area contributed by atoms with Gasteiger partial charge >= 0.3 is 12.1 Å². The van der Waals surface area contributed by atoms with Gasteiger partial charge in [0.15, 0.2) is 6.10 Å².